The van der Waals surface area contributed by atoms with Crippen molar-refractivity contribution in [1.82, 2.24) is 15.3 Å². The number of pyridine rings is 2. The predicted molar refractivity (Wildman–Crippen MR) is 77.7 cm³/mol. The zero-order valence-corrected chi connectivity index (χ0v) is 11.4. The van der Waals surface area contributed by atoms with Crippen LogP contribution >= 0.6 is 0 Å². The molecule has 100 valence electrons. The van der Waals surface area contributed by atoms with Gasteiger partial charge in [0, 0.05) is 12.4 Å². The number of hydrogen-bond acceptors (Lipinski definition) is 4. The molecule has 0 aliphatic carbocycles. The summed E-state index contributed by atoms with van der Waals surface area (Å²) >= 11 is 0. The highest BCUT2D eigenvalue weighted by Gasteiger charge is 2.14. The topological polar surface area (TPSA) is 63.8 Å². The second-order valence-electron chi connectivity index (χ2n) is 4.61. The van der Waals surface area contributed by atoms with Gasteiger partial charge in [0.25, 0.3) is 0 Å². The summed E-state index contributed by atoms with van der Waals surface area (Å²) in [6.07, 6.45) is 4.45. The molecule has 0 radical (unpaired) electrons. The molecule has 2 aromatic heterocycles. The van der Waals surface area contributed by atoms with E-state index in [1.54, 1.807) is 6.20 Å². The minimum absolute atomic E-state index is 0.202. The van der Waals surface area contributed by atoms with Crippen LogP contribution in [0.5, 0.6) is 0 Å². The van der Waals surface area contributed by atoms with E-state index in [1.165, 1.54) is 11.1 Å². The first-order chi connectivity index (χ1) is 9.20. The third-order valence-corrected chi connectivity index (χ3v) is 3.12. The lowest BCUT2D eigenvalue weighted by Crippen LogP contribution is -2.24. The van der Waals surface area contributed by atoms with E-state index in [0.29, 0.717) is 5.82 Å². The third-order valence-electron chi connectivity index (χ3n) is 3.12. The number of hydrogen-bond donors (Lipinski definition) is 2. The summed E-state index contributed by atoms with van der Waals surface area (Å²) in [7, 11) is 0. The molecule has 4 heteroatoms. The molecule has 1 unspecified atom stereocenters. The number of nitrogens with zero attached hydrogens (tertiary/aromatic N) is 2. The van der Waals surface area contributed by atoms with Crippen molar-refractivity contribution in [2.24, 2.45) is 0 Å². The maximum atomic E-state index is 5.73. The Morgan fingerprint density at radius 1 is 1.26 bits per heavy atom. The minimum Gasteiger partial charge on any atom is -0.384 e. The Morgan fingerprint density at radius 2 is 2.11 bits per heavy atom. The van der Waals surface area contributed by atoms with E-state index in [0.717, 1.165) is 18.7 Å². The molecular weight excluding hydrogens is 236 g/mol. The summed E-state index contributed by atoms with van der Waals surface area (Å²) < 4.78 is 0. The number of nitrogens with two attached hydrogens (primary N) is 1. The average Bonchev–Trinajstić information content (AvgIpc) is 2.39. The zero-order chi connectivity index (χ0) is 13.7. The van der Waals surface area contributed by atoms with Crippen molar-refractivity contribution in [3.8, 4) is 0 Å². The number of aromatic nitrogens is 2. The number of rotatable bonds is 5. The van der Waals surface area contributed by atoms with Crippen LogP contribution in [0.4, 0.5) is 5.82 Å². The molecular formula is C15H20N4. The Bertz CT molecular complexity index is 539. The van der Waals surface area contributed by atoms with E-state index >= 15 is 0 Å². The van der Waals surface area contributed by atoms with Gasteiger partial charge in [0.05, 0.1) is 11.7 Å². The van der Waals surface area contributed by atoms with Gasteiger partial charge in [-0.1, -0.05) is 13.0 Å². The van der Waals surface area contributed by atoms with Gasteiger partial charge < -0.3 is 11.1 Å². The number of anilines is 1. The number of nitrogen functional groups attached to an aromatic ring is 1. The Labute approximate surface area is 114 Å². The summed E-state index contributed by atoms with van der Waals surface area (Å²) in [5, 5.41) is 3.48. The highest BCUT2D eigenvalue weighted by atomic mass is 14.9. The van der Waals surface area contributed by atoms with Crippen LogP contribution in [-0.2, 0) is 6.42 Å². The van der Waals surface area contributed by atoms with E-state index < -0.39 is 0 Å². The van der Waals surface area contributed by atoms with Crippen LogP contribution in [0.25, 0.3) is 0 Å². The van der Waals surface area contributed by atoms with Crippen LogP contribution in [-0.4, -0.2) is 16.5 Å². The van der Waals surface area contributed by atoms with Crippen LogP contribution in [0.15, 0.2) is 36.7 Å². The first-order valence-corrected chi connectivity index (χ1v) is 6.56. The summed E-state index contributed by atoms with van der Waals surface area (Å²) in [4.78, 5) is 8.53. The van der Waals surface area contributed by atoms with Crippen molar-refractivity contribution in [2.45, 2.75) is 26.3 Å². The molecule has 0 saturated carbocycles. The molecule has 19 heavy (non-hydrogen) atoms. The Morgan fingerprint density at radius 3 is 2.79 bits per heavy atom. The molecule has 2 rings (SSSR count). The number of aryl methyl sites for hydroxylation is 1. The first kappa shape index (κ1) is 13.5. The van der Waals surface area contributed by atoms with Crippen LogP contribution in [0.2, 0.25) is 0 Å². The Hall–Kier alpha value is -1.94. The molecule has 1 atom stereocenters. The van der Waals surface area contributed by atoms with Crippen molar-refractivity contribution in [1.29, 1.82) is 0 Å². The van der Waals surface area contributed by atoms with Gasteiger partial charge in [0.2, 0.25) is 0 Å². The van der Waals surface area contributed by atoms with Crippen LogP contribution in [0.1, 0.15) is 29.8 Å². The molecule has 0 aliphatic rings. The van der Waals surface area contributed by atoms with Gasteiger partial charge in [-0.05, 0) is 49.2 Å². The van der Waals surface area contributed by atoms with E-state index in [2.05, 4.69) is 35.2 Å². The fourth-order valence-electron chi connectivity index (χ4n) is 2.23. The zero-order valence-electron chi connectivity index (χ0n) is 11.4. The highest BCUT2D eigenvalue weighted by molar-refractivity contribution is 5.33. The Balaban J connectivity index is 2.24. The van der Waals surface area contributed by atoms with Gasteiger partial charge in [0.1, 0.15) is 5.82 Å². The maximum absolute atomic E-state index is 5.73. The van der Waals surface area contributed by atoms with Gasteiger partial charge in [0.15, 0.2) is 0 Å². The lowest BCUT2D eigenvalue weighted by Gasteiger charge is -2.19. The Kier molecular flexibility index (Phi) is 4.47. The first-order valence-electron chi connectivity index (χ1n) is 6.56. The van der Waals surface area contributed by atoms with E-state index in [9.17, 15) is 0 Å². The van der Waals surface area contributed by atoms with Crippen LogP contribution in [0, 0.1) is 6.92 Å². The number of likely N-dealkylation sites (N-methyl/N-ethyl adjacent to an activating group) is 1. The fourth-order valence-corrected chi connectivity index (χ4v) is 2.23. The summed E-state index contributed by atoms with van der Waals surface area (Å²) in [6.45, 7) is 5.10. The average molecular weight is 256 g/mol. The smallest absolute Gasteiger partial charge is 0.123 e. The molecule has 4 nitrogen and oxygen atoms in total. The predicted octanol–water partition coefficient (Wildman–Crippen LogP) is 2.26. The molecule has 0 aromatic carbocycles. The minimum atomic E-state index is 0.202. The molecule has 0 aliphatic heterocycles. The largest absolute Gasteiger partial charge is 0.384 e. The second-order valence-corrected chi connectivity index (χ2v) is 4.61. The van der Waals surface area contributed by atoms with Crippen molar-refractivity contribution < 1.29 is 0 Å². The quantitative estimate of drug-likeness (QED) is 0.861. The second kappa shape index (κ2) is 6.29. The van der Waals surface area contributed by atoms with Gasteiger partial charge in [-0.3, -0.25) is 4.98 Å². The maximum Gasteiger partial charge on any atom is 0.123 e. The van der Waals surface area contributed by atoms with E-state index in [-0.39, 0.29) is 6.04 Å². The summed E-state index contributed by atoms with van der Waals surface area (Å²) in [5.41, 5.74) is 9.20. The molecule has 0 spiro atoms. The molecule has 3 N–H and O–H groups in total. The normalized spacial score (nSPS) is 12.3. The molecule has 0 amide bonds. The van der Waals surface area contributed by atoms with Gasteiger partial charge in [-0.2, -0.15) is 0 Å². The van der Waals surface area contributed by atoms with Gasteiger partial charge in [-0.15, -0.1) is 0 Å². The van der Waals surface area contributed by atoms with Crippen LogP contribution < -0.4 is 11.1 Å². The molecule has 0 saturated heterocycles. The summed E-state index contributed by atoms with van der Waals surface area (Å²) in [6, 6.07) is 8.18. The van der Waals surface area contributed by atoms with Gasteiger partial charge >= 0.3 is 0 Å². The molecule has 2 aromatic rings. The van der Waals surface area contributed by atoms with E-state index in [1.807, 2.05) is 24.4 Å². The lowest BCUT2D eigenvalue weighted by atomic mass is 10.0. The molecule has 0 bridgehead atoms. The van der Waals surface area contributed by atoms with Gasteiger partial charge in [-0.25, -0.2) is 4.98 Å². The SMILES string of the molecule is CCNC(Cc1ccnc(N)c1)c1ncccc1C. The fraction of sp³-hybridized carbons (Fsp3) is 0.333. The summed E-state index contributed by atoms with van der Waals surface area (Å²) in [5.74, 6) is 0.561. The lowest BCUT2D eigenvalue weighted by molar-refractivity contribution is 0.534. The van der Waals surface area contributed by atoms with Crippen molar-refractivity contribution >= 4 is 5.82 Å². The van der Waals surface area contributed by atoms with E-state index in [4.69, 9.17) is 5.73 Å². The standard InChI is InChI=1S/C15H20N4/c1-3-17-13(15-11(2)5-4-7-19-15)9-12-6-8-18-14(16)10-12/h4-8,10,13,17H,3,9H2,1-2H3,(H2,16,18). The van der Waals surface area contributed by atoms with Crippen molar-refractivity contribution in [2.75, 3.05) is 12.3 Å². The number of nitrogens with one attached hydrogen (secondary N) is 1. The monoisotopic (exact) mass is 256 g/mol. The van der Waals surface area contributed by atoms with Crippen LogP contribution in [0.3, 0.4) is 0 Å². The van der Waals surface area contributed by atoms with Crippen molar-refractivity contribution in [3.05, 3.63) is 53.5 Å². The third kappa shape index (κ3) is 3.51. The highest BCUT2D eigenvalue weighted by Crippen LogP contribution is 2.20. The van der Waals surface area contributed by atoms with Crippen molar-refractivity contribution in [3.63, 3.8) is 0 Å². The molecule has 0 fully saturated rings. The molecule has 2 heterocycles.